The molecule has 0 fully saturated rings. The third-order valence-electron chi connectivity index (χ3n) is 1.24. The normalized spacial score (nSPS) is 13.1. The Bertz CT molecular complexity index is 89.1. The summed E-state index contributed by atoms with van der Waals surface area (Å²) >= 11 is 1.78. The number of rotatable bonds is 4. The number of thioether (sulfide) groups is 1. The van der Waals surface area contributed by atoms with Crippen LogP contribution in [-0.2, 0) is 0 Å². The van der Waals surface area contributed by atoms with Crippen LogP contribution in [0.5, 0.6) is 0 Å². The summed E-state index contributed by atoms with van der Waals surface area (Å²) in [6.07, 6.45) is 3.88. The van der Waals surface area contributed by atoms with E-state index >= 15 is 0 Å². The first kappa shape index (κ1) is 8.82. The predicted molar refractivity (Wildman–Crippen MR) is 44.1 cm³/mol. The Morgan fingerprint density at radius 2 is 2.33 bits per heavy atom. The average Bonchev–Trinajstić information content (AvgIpc) is 1.82. The molecule has 0 saturated heterocycles. The van der Waals surface area contributed by atoms with E-state index in [-0.39, 0.29) is 0 Å². The number of nitrogens with two attached hydrogens (primary N) is 1. The second-order valence-corrected chi connectivity index (χ2v) is 3.13. The van der Waals surface area contributed by atoms with E-state index in [0.717, 1.165) is 12.8 Å². The van der Waals surface area contributed by atoms with Gasteiger partial charge in [0.25, 0.3) is 0 Å². The molecule has 0 aliphatic carbocycles. The predicted octanol–water partition coefficient (Wildman–Crippen LogP) is 1.45. The monoisotopic (exact) mass is 146 g/mol. The van der Waals surface area contributed by atoms with Crippen molar-refractivity contribution in [1.29, 1.82) is 5.41 Å². The largest absolute Gasteiger partial charge is 0.388 e. The SMILES string of the molecule is CCC(CC(=N)N)SC. The minimum atomic E-state index is 0.302. The van der Waals surface area contributed by atoms with Crippen LogP contribution in [0.4, 0.5) is 0 Å². The molecular weight excluding hydrogens is 132 g/mol. The van der Waals surface area contributed by atoms with Gasteiger partial charge in [0, 0.05) is 11.7 Å². The fraction of sp³-hybridized carbons (Fsp3) is 0.833. The van der Waals surface area contributed by atoms with E-state index in [2.05, 4.69) is 13.2 Å². The zero-order valence-corrected chi connectivity index (χ0v) is 6.79. The maximum Gasteiger partial charge on any atom is 0.0916 e. The van der Waals surface area contributed by atoms with Crippen molar-refractivity contribution < 1.29 is 0 Å². The first-order chi connectivity index (χ1) is 4.20. The van der Waals surface area contributed by atoms with Crippen molar-refractivity contribution in [2.24, 2.45) is 5.73 Å². The van der Waals surface area contributed by atoms with Gasteiger partial charge < -0.3 is 5.73 Å². The molecule has 9 heavy (non-hydrogen) atoms. The minimum absolute atomic E-state index is 0.302. The average molecular weight is 146 g/mol. The van der Waals surface area contributed by atoms with Crippen LogP contribution in [-0.4, -0.2) is 17.3 Å². The van der Waals surface area contributed by atoms with Gasteiger partial charge in [0.15, 0.2) is 0 Å². The third kappa shape index (κ3) is 4.33. The van der Waals surface area contributed by atoms with Crippen molar-refractivity contribution in [3.8, 4) is 0 Å². The summed E-state index contributed by atoms with van der Waals surface area (Å²) < 4.78 is 0. The molecule has 0 aromatic heterocycles. The molecule has 0 amide bonds. The van der Waals surface area contributed by atoms with Gasteiger partial charge in [-0.05, 0) is 12.7 Å². The lowest BCUT2D eigenvalue weighted by atomic mass is 10.2. The maximum absolute atomic E-state index is 7.00. The minimum Gasteiger partial charge on any atom is -0.388 e. The van der Waals surface area contributed by atoms with Crippen molar-refractivity contribution in [3.05, 3.63) is 0 Å². The van der Waals surface area contributed by atoms with Crippen molar-refractivity contribution >= 4 is 17.6 Å². The molecule has 0 aromatic rings. The molecule has 0 saturated carbocycles. The molecular formula is C6H14N2S. The summed E-state index contributed by atoms with van der Waals surface area (Å²) in [5.41, 5.74) is 5.21. The first-order valence-electron chi connectivity index (χ1n) is 3.06. The van der Waals surface area contributed by atoms with Crippen molar-refractivity contribution in [3.63, 3.8) is 0 Å². The van der Waals surface area contributed by atoms with E-state index in [0.29, 0.717) is 11.1 Å². The van der Waals surface area contributed by atoms with Gasteiger partial charge in [0.05, 0.1) is 5.84 Å². The van der Waals surface area contributed by atoms with Gasteiger partial charge in [0.2, 0.25) is 0 Å². The van der Waals surface area contributed by atoms with E-state index in [1.165, 1.54) is 0 Å². The number of amidine groups is 1. The highest BCUT2D eigenvalue weighted by molar-refractivity contribution is 7.99. The van der Waals surface area contributed by atoms with Gasteiger partial charge in [-0.3, -0.25) is 5.41 Å². The highest BCUT2D eigenvalue weighted by atomic mass is 32.2. The quantitative estimate of drug-likeness (QED) is 0.466. The Morgan fingerprint density at radius 3 is 2.44 bits per heavy atom. The Kier molecular flexibility index (Phi) is 4.58. The summed E-state index contributed by atoms with van der Waals surface area (Å²) in [7, 11) is 0. The molecule has 0 aliphatic heterocycles. The number of hydrogen-bond acceptors (Lipinski definition) is 2. The maximum atomic E-state index is 7.00. The lowest BCUT2D eigenvalue weighted by molar-refractivity contribution is 0.851. The summed E-state index contributed by atoms with van der Waals surface area (Å²) in [5, 5.41) is 7.54. The molecule has 0 radical (unpaired) electrons. The molecule has 0 aromatic carbocycles. The third-order valence-corrected chi connectivity index (χ3v) is 2.40. The molecule has 3 heteroatoms. The van der Waals surface area contributed by atoms with Gasteiger partial charge >= 0.3 is 0 Å². The van der Waals surface area contributed by atoms with Crippen molar-refractivity contribution in [1.82, 2.24) is 0 Å². The zero-order chi connectivity index (χ0) is 7.28. The Morgan fingerprint density at radius 1 is 1.78 bits per heavy atom. The molecule has 0 aliphatic rings. The van der Waals surface area contributed by atoms with E-state index in [1.54, 1.807) is 11.8 Å². The summed E-state index contributed by atoms with van der Waals surface area (Å²) in [6.45, 7) is 2.12. The number of hydrogen-bond donors (Lipinski definition) is 2. The molecule has 54 valence electrons. The molecule has 0 rings (SSSR count). The molecule has 0 spiro atoms. The molecule has 3 N–H and O–H groups in total. The smallest absolute Gasteiger partial charge is 0.0916 e. The van der Waals surface area contributed by atoms with E-state index in [1.807, 2.05) is 0 Å². The van der Waals surface area contributed by atoms with Gasteiger partial charge in [-0.25, -0.2) is 0 Å². The van der Waals surface area contributed by atoms with Gasteiger partial charge in [-0.2, -0.15) is 11.8 Å². The Labute approximate surface area is 60.7 Å². The fourth-order valence-corrected chi connectivity index (χ4v) is 1.32. The molecule has 2 nitrogen and oxygen atoms in total. The van der Waals surface area contributed by atoms with E-state index in [4.69, 9.17) is 11.1 Å². The molecule has 0 heterocycles. The highest BCUT2D eigenvalue weighted by Crippen LogP contribution is 2.13. The van der Waals surface area contributed by atoms with Gasteiger partial charge in [-0.15, -0.1) is 0 Å². The van der Waals surface area contributed by atoms with Crippen LogP contribution in [0.15, 0.2) is 0 Å². The summed E-state index contributed by atoms with van der Waals surface area (Å²) in [5.74, 6) is 0.302. The van der Waals surface area contributed by atoms with Crippen LogP contribution in [0.1, 0.15) is 19.8 Å². The zero-order valence-electron chi connectivity index (χ0n) is 5.98. The standard InChI is InChI=1S/C6H14N2S/c1-3-5(9-2)4-6(7)8/h5H,3-4H2,1-2H3,(H3,7,8). The van der Waals surface area contributed by atoms with Gasteiger partial charge in [-0.1, -0.05) is 6.92 Å². The summed E-state index contributed by atoms with van der Waals surface area (Å²) in [6, 6.07) is 0. The van der Waals surface area contributed by atoms with Crippen LogP contribution in [0, 0.1) is 5.41 Å². The summed E-state index contributed by atoms with van der Waals surface area (Å²) in [4.78, 5) is 0. The highest BCUT2D eigenvalue weighted by Gasteiger charge is 2.03. The van der Waals surface area contributed by atoms with E-state index in [9.17, 15) is 0 Å². The lowest BCUT2D eigenvalue weighted by Crippen LogP contribution is -2.16. The van der Waals surface area contributed by atoms with Crippen LogP contribution >= 0.6 is 11.8 Å². The van der Waals surface area contributed by atoms with Crippen molar-refractivity contribution in [2.45, 2.75) is 25.0 Å². The van der Waals surface area contributed by atoms with E-state index < -0.39 is 0 Å². The van der Waals surface area contributed by atoms with Crippen LogP contribution < -0.4 is 5.73 Å². The lowest BCUT2D eigenvalue weighted by Gasteiger charge is -2.08. The van der Waals surface area contributed by atoms with Crippen LogP contribution in [0.25, 0.3) is 0 Å². The molecule has 1 unspecified atom stereocenters. The Hall–Kier alpha value is -0.180. The number of nitrogens with one attached hydrogen (secondary N) is 1. The topological polar surface area (TPSA) is 49.9 Å². The Balaban J connectivity index is 3.43. The first-order valence-corrected chi connectivity index (χ1v) is 4.35. The van der Waals surface area contributed by atoms with Crippen LogP contribution in [0.3, 0.4) is 0 Å². The fourth-order valence-electron chi connectivity index (χ4n) is 0.640. The molecule has 1 atom stereocenters. The molecule has 0 bridgehead atoms. The van der Waals surface area contributed by atoms with Gasteiger partial charge in [0.1, 0.15) is 0 Å². The van der Waals surface area contributed by atoms with Crippen LogP contribution in [0.2, 0.25) is 0 Å². The van der Waals surface area contributed by atoms with Crippen molar-refractivity contribution in [2.75, 3.05) is 6.26 Å². The second-order valence-electron chi connectivity index (χ2n) is 2.00. The second kappa shape index (κ2) is 4.68.